The molecule has 1 amide bonds. The number of thiophene rings is 1. The van der Waals surface area contributed by atoms with E-state index in [1.807, 2.05) is 13.8 Å². The summed E-state index contributed by atoms with van der Waals surface area (Å²) in [4.78, 5) is 25.0. The van der Waals surface area contributed by atoms with Crippen LogP contribution in [0.3, 0.4) is 0 Å². The molecule has 0 saturated heterocycles. The number of rotatable bonds is 7. The lowest BCUT2D eigenvalue weighted by Gasteiger charge is -2.12. The predicted molar refractivity (Wildman–Crippen MR) is 81.1 cm³/mol. The average Bonchev–Trinajstić information content (AvgIpc) is 2.83. The second kappa shape index (κ2) is 8.01. The topological polar surface area (TPSA) is 81.4 Å². The number of carbonyl (C=O) groups excluding carboxylic acids is 2. The molecule has 1 rings (SSSR count). The van der Waals surface area contributed by atoms with Gasteiger partial charge in [-0.05, 0) is 25.8 Å². The van der Waals surface area contributed by atoms with E-state index in [4.69, 9.17) is 10.5 Å². The summed E-state index contributed by atoms with van der Waals surface area (Å²) < 4.78 is 5.01. The maximum atomic E-state index is 12.1. The lowest BCUT2D eigenvalue weighted by molar-refractivity contribution is -0.119. The van der Waals surface area contributed by atoms with Crippen LogP contribution >= 0.6 is 11.3 Å². The van der Waals surface area contributed by atoms with E-state index in [-0.39, 0.29) is 11.8 Å². The third-order valence-electron chi connectivity index (χ3n) is 3.01. The first kappa shape index (κ1) is 16.7. The number of carbonyl (C=O) groups is 2. The van der Waals surface area contributed by atoms with E-state index in [1.54, 1.807) is 13.0 Å². The van der Waals surface area contributed by atoms with Gasteiger partial charge in [0.25, 0.3) is 0 Å². The molecule has 0 aliphatic carbocycles. The summed E-state index contributed by atoms with van der Waals surface area (Å²) in [5.41, 5.74) is 5.99. The number of ether oxygens (including phenoxy) is 1. The summed E-state index contributed by atoms with van der Waals surface area (Å²) >= 11 is 1.41. The molecular weight excluding hydrogens is 276 g/mol. The molecule has 0 aliphatic rings. The maximum Gasteiger partial charge on any atom is 0.341 e. The summed E-state index contributed by atoms with van der Waals surface area (Å²) in [6.45, 7) is 6.27. The highest BCUT2D eigenvalue weighted by atomic mass is 32.1. The molecule has 112 valence electrons. The van der Waals surface area contributed by atoms with Crippen LogP contribution in [0, 0.1) is 5.92 Å². The van der Waals surface area contributed by atoms with E-state index in [1.165, 1.54) is 11.3 Å². The van der Waals surface area contributed by atoms with E-state index in [2.05, 4.69) is 5.32 Å². The van der Waals surface area contributed by atoms with Crippen molar-refractivity contribution in [2.75, 3.05) is 18.5 Å². The van der Waals surface area contributed by atoms with Crippen molar-refractivity contribution in [3.63, 3.8) is 0 Å². The van der Waals surface area contributed by atoms with Crippen LogP contribution in [0.5, 0.6) is 0 Å². The van der Waals surface area contributed by atoms with E-state index in [0.29, 0.717) is 30.1 Å². The van der Waals surface area contributed by atoms with E-state index >= 15 is 0 Å². The Morgan fingerprint density at radius 2 is 2.10 bits per heavy atom. The molecule has 0 fully saturated rings. The van der Waals surface area contributed by atoms with Crippen LogP contribution in [0.1, 0.15) is 42.4 Å². The van der Waals surface area contributed by atoms with Crippen LogP contribution in [0.2, 0.25) is 0 Å². The zero-order chi connectivity index (χ0) is 15.1. The highest BCUT2D eigenvalue weighted by Gasteiger charge is 2.21. The lowest BCUT2D eigenvalue weighted by atomic mass is 10.1. The minimum Gasteiger partial charge on any atom is -0.462 e. The SMILES string of the molecule is CCOC(=O)c1cc(CC)sc1NC(=O)C(CC)CN. The number of hydrogen-bond acceptors (Lipinski definition) is 5. The third-order valence-corrected chi connectivity index (χ3v) is 4.21. The zero-order valence-corrected chi connectivity index (χ0v) is 13.0. The monoisotopic (exact) mass is 298 g/mol. The van der Waals surface area contributed by atoms with Crippen LogP contribution in [-0.2, 0) is 16.0 Å². The standard InChI is InChI=1S/C14H22N2O3S/c1-4-9(8-15)12(17)16-13-11(14(18)19-6-3)7-10(5-2)20-13/h7,9H,4-6,8,15H2,1-3H3,(H,16,17). The van der Waals surface area contributed by atoms with Gasteiger partial charge in [-0.25, -0.2) is 4.79 Å². The summed E-state index contributed by atoms with van der Waals surface area (Å²) in [6, 6.07) is 1.78. The van der Waals surface area contributed by atoms with Crippen LogP contribution in [0.4, 0.5) is 5.00 Å². The van der Waals surface area contributed by atoms with Gasteiger partial charge >= 0.3 is 5.97 Å². The van der Waals surface area contributed by atoms with Gasteiger partial charge in [-0.3, -0.25) is 4.79 Å². The number of aryl methyl sites for hydroxylation is 1. The minimum absolute atomic E-state index is 0.148. The van der Waals surface area contributed by atoms with Gasteiger partial charge in [0.2, 0.25) is 5.91 Å². The second-order valence-electron chi connectivity index (χ2n) is 4.36. The van der Waals surface area contributed by atoms with Crippen molar-refractivity contribution in [3.8, 4) is 0 Å². The smallest absolute Gasteiger partial charge is 0.341 e. The number of esters is 1. The van der Waals surface area contributed by atoms with Crippen molar-refractivity contribution < 1.29 is 14.3 Å². The molecule has 1 atom stereocenters. The van der Waals surface area contributed by atoms with Gasteiger partial charge in [-0.2, -0.15) is 0 Å². The van der Waals surface area contributed by atoms with Crippen LogP contribution in [-0.4, -0.2) is 25.0 Å². The van der Waals surface area contributed by atoms with Crippen molar-refractivity contribution in [1.82, 2.24) is 0 Å². The van der Waals surface area contributed by atoms with Crippen molar-refractivity contribution >= 4 is 28.2 Å². The largest absolute Gasteiger partial charge is 0.462 e. The number of hydrogen-bond donors (Lipinski definition) is 2. The molecule has 20 heavy (non-hydrogen) atoms. The fourth-order valence-electron chi connectivity index (χ4n) is 1.74. The Hall–Kier alpha value is -1.40. The first-order valence-corrected chi connectivity index (χ1v) is 7.69. The second-order valence-corrected chi connectivity index (χ2v) is 5.50. The minimum atomic E-state index is -0.403. The molecule has 0 bridgehead atoms. The van der Waals surface area contributed by atoms with Gasteiger partial charge in [0.05, 0.1) is 18.1 Å². The fraction of sp³-hybridized carbons (Fsp3) is 0.571. The lowest BCUT2D eigenvalue weighted by Crippen LogP contribution is -2.28. The Morgan fingerprint density at radius 3 is 2.60 bits per heavy atom. The quantitative estimate of drug-likeness (QED) is 0.757. The number of nitrogens with one attached hydrogen (secondary N) is 1. The summed E-state index contributed by atoms with van der Waals surface area (Å²) in [5.74, 6) is -0.790. The number of nitrogens with two attached hydrogens (primary N) is 1. The number of amides is 1. The van der Waals surface area contributed by atoms with Crippen molar-refractivity contribution in [3.05, 3.63) is 16.5 Å². The molecule has 0 aliphatic heterocycles. The number of anilines is 1. The third kappa shape index (κ3) is 4.05. The predicted octanol–water partition coefficient (Wildman–Crippen LogP) is 2.41. The fourth-order valence-corrected chi connectivity index (χ4v) is 2.73. The van der Waals surface area contributed by atoms with Gasteiger partial charge in [0.1, 0.15) is 5.00 Å². The molecule has 1 unspecified atom stereocenters. The van der Waals surface area contributed by atoms with Gasteiger partial charge in [-0.15, -0.1) is 11.3 Å². The van der Waals surface area contributed by atoms with Gasteiger partial charge < -0.3 is 15.8 Å². The first-order valence-electron chi connectivity index (χ1n) is 6.87. The molecule has 6 heteroatoms. The van der Waals surface area contributed by atoms with Crippen LogP contribution in [0.25, 0.3) is 0 Å². The van der Waals surface area contributed by atoms with Gasteiger partial charge in [0, 0.05) is 11.4 Å². The summed E-state index contributed by atoms with van der Waals surface area (Å²) in [7, 11) is 0. The molecule has 1 aromatic rings. The van der Waals surface area contributed by atoms with Crippen molar-refractivity contribution in [1.29, 1.82) is 0 Å². The Labute approximate surface area is 123 Å². The van der Waals surface area contributed by atoms with Gasteiger partial charge in [-0.1, -0.05) is 13.8 Å². The Bertz CT molecular complexity index is 467. The highest BCUT2D eigenvalue weighted by Crippen LogP contribution is 2.29. The van der Waals surface area contributed by atoms with Crippen LogP contribution < -0.4 is 11.1 Å². The molecule has 0 aromatic carbocycles. The summed E-state index contributed by atoms with van der Waals surface area (Å²) in [6.07, 6.45) is 1.48. The molecule has 3 N–H and O–H groups in total. The summed E-state index contributed by atoms with van der Waals surface area (Å²) in [5, 5.41) is 3.36. The van der Waals surface area contributed by atoms with Gasteiger partial charge in [0.15, 0.2) is 0 Å². The van der Waals surface area contributed by atoms with Crippen molar-refractivity contribution in [2.24, 2.45) is 11.7 Å². The van der Waals surface area contributed by atoms with E-state index in [0.717, 1.165) is 11.3 Å². The maximum absolute atomic E-state index is 12.1. The molecule has 0 spiro atoms. The molecule has 1 aromatic heterocycles. The Balaban J connectivity index is 2.95. The molecule has 5 nitrogen and oxygen atoms in total. The Morgan fingerprint density at radius 1 is 1.40 bits per heavy atom. The molecule has 0 radical (unpaired) electrons. The Kier molecular flexibility index (Phi) is 6.67. The molecule has 0 saturated carbocycles. The highest BCUT2D eigenvalue weighted by molar-refractivity contribution is 7.16. The normalized spacial score (nSPS) is 12.0. The van der Waals surface area contributed by atoms with E-state index < -0.39 is 5.97 Å². The van der Waals surface area contributed by atoms with E-state index in [9.17, 15) is 9.59 Å². The van der Waals surface area contributed by atoms with Crippen LogP contribution in [0.15, 0.2) is 6.07 Å². The molecule has 1 heterocycles. The zero-order valence-electron chi connectivity index (χ0n) is 12.2. The average molecular weight is 298 g/mol. The molecular formula is C14H22N2O3S. The first-order chi connectivity index (χ1) is 9.57. The van der Waals surface area contributed by atoms with Crippen molar-refractivity contribution in [2.45, 2.75) is 33.6 Å².